The molecule has 9 heteroatoms. The van der Waals surface area contributed by atoms with E-state index in [2.05, 4.69) is 15.9 Å². The van der Waals surface area contributed by atoms with E-state index in [0.717, 1.165) is 26.4 Å². The molecule has 0 fully saturated rings. The minimum absolute atomic E-state index is 0.331. The van der Waals surface area contributed by atoms with Crippen molar-refractivity contribution in [2.75, 3.05) is 4.90 Å². The molecule has 0 spiro atoms. The Morgan fingerprint density at radius 1 is 0.463 bits per heavy atom. The second-order valence-corrected chi connectivity index (χ2v) is 10.3. The van der Waals surface area contributed by atoms with Crippen molar-refractivity contribution in [1.82, 2.24) is 0 Å². The van der Waals surface area contributed by atoms with Crippen LogP contribution in [-0.2, 0) is 0 Å². The van der Waals surface area contributed by atoms with Gasteiger partial charge in [0, 0.05) is 15.5 Å². The van der Waals surface area contributed by atoms with Crippen molar-refractivity contribution < 1.29 is 35.7 Å². The summed E-state index contributed by atoms with van der Waals surface area (Å²) >= 11 is 3.44. The van der Waals surface area contributed by atoms with E-state index in [1.165, 1.54) is 4.90 Å². The van der Waals surface area contributed by atoms with Gasteiger partial charge in [-0.3, -0.25) is 0 Å². The van der Waals surface area contributed by atoms with E-state index in [9.17, 15) is 35.7 Å². The largest absolute Gasteiger partial charge is 0.505 e. The second-order valence-electron chi connectivity index (χ2n) is 9.43. The summed E-state index contributed by atoms with van der Waals surface area (Å²) in [5, 5.41) is 75.5. The van der Waals surface area contributed by atoms with Crippen LogP contribution in [0.15, 0.2) is 95.5 Å². The lowest BCUT2D eigenvalue weighted by Crippen LogP contribution is -2.11. The van der Waals surface area contributed by atoms with Gasteiger partial charge in [0.15, 0.2) is 28.7 Å². The molecule has 0 radical (unpaired) electrons. The zero-order valence-corrected chi connectivity index (χ0v) is 22.7. The van der Waals surface area contributed by atoms with Crippen molar-refractivity contribution in [2.45, 2.75) is 0 Å². The number of anilines is 3. The van der Waals surface area contributed by atoms with Gasteiger partial charge < -0.3 is 40.6 Å². The molecule has 0 aliphatic heterocycles. The molecule has 7 N–H and O–H groups in total. The Hall–Kier alpha value is -5.28. The van der Waals surface area contributed by atoms with Crippen molar-refractivity contribution in [1.29, 1.82) is 0 Å². The third kappa shape index (κ3) is 4.06. The fourth-order valence-corrected chi connectivity index (χ4v) is 5.33. The molecule has 6 aromatic rings. The summed E-state index contributed by atoms with van der Waals surface area (Å²) in [5.41, 5.74) is 2.51. The zero-order valence-electron chi connectivity index (χ0n) is 21.1. The van der Waals surface area contributed by atoms with Crippen LogP contribution in [-0.4, -0.2) is 35.7 Å². The van der Waals surface area contributed by atoms with Crippen molar-refractivity contribution in [3.8, 4) is 51.4 Å². The predicted octanol–water partition coefficient (Wildman–Crippen LogP) is 7.83. The number of rotatable bonds is 4. The first-order valence-electron chi connectivity index (χ1n) is 12.4. The Bertz CT molecular complexity index is 1970. The number of nitrogens with zero attached hydrogens (tertiary/aromatic N) is 1. The van der Waals surface area contributed by atoms with Gasteiger partial charge in [-0.15, -0.1) is 0 Å². The summed E-state index contributed by atoms with van der Waals surface area (Å²) in [6.45, 7) is 0. The maximum atomic E-state index is 11.5. The molecule has 0 aliphatic rings. The summed E-state index contributed by atoms with van der Waals surface area (Å²) in [6.07, 6.45) is 0. The number of benzene rings is 6. The number of halogens is 1. The van der Waals surface area contributed by atoms with Crippen LogP contribution >= 0.6 is 15.9 Å². The van der Waals surface area contributed by atoms with Crippen LogP contribution in [0.4, 0.5) is 17.1 Å². The van der Waals surface area contributed by atoms with E-state index in [1.807, 2.05) is 66.7 Å². The van der Waals surface area contributed by atoms with Crippen LogP contribution in [0, 0.1) is 0 Å². The molecular weight excluding hydrogens is 590 g/mol. The molecule has 0 unspecified atom stereocenters. The standard InChI is InChI=1S/C32H22BrNO7/c33-19-12-8-16(9-13-19)17-10-14-20(15-11-17)34(22-7-3-5-18-4-1-2-6-21(18)22)25-26(35)23-24(27(36)30(25)39)29(38)32(41)31(40)28(23)37/h1-15,35-41H. The molecule has 0 saturated carbocycles. The van der Waals surface area contributed by atoms with E-state index in [4.69, 9.17) is 0 Å². The summed E-state index contributed by atoms with van der Waals surface area (Å²) in [4.78, 5) is 1.50. The first kappa shape index (κ1) is 26.0. The van der Waals surface area contributed by atoms with Gasteiger partial charge in [-0.05, 0) is 46.8 Å². The van der Waals surface area contributed by atoms with Crippen molar-refractivity contribution in [2.24, 2.45) is 0 Å². The Morgan fingerprint density at radius 3 is 1.61 bits per heavy atom. The van der Waals surface area contributed by atoms with Crippen LogP contribution in [0.3, 0.4) is 0 Å². The molecule has 0 aliphatic carbocycles. The summed E-state index contributed by atoms with van der Waals surface area (Å²) in [6, 6.07) is 27.9. The molecule has 6 aromatic carbocycles. The average Bonchev–Trinajstić information content (AvgIpc) is 2.99. The second kappa shape index (κ2) is 9.72. The number of hydrogen-bond acceptors (Lipinski definition) is 8. The van der Waals surface area contributed by atoms with Gasteiger partial charge in [-0.1, -0.05) is 76.6 Å². The Kier molecular flexibility index (Phi) is 6.16. The summed E-state index contributed by atoms with van der Waals surface area (Å²) in [7, 11) is 0. The highest BCUT2D eigenvalue weighted by atomic mass is 79.9. The van der Waals surface area contributed by atoms with E-state index in [-0.39, 0.29) is 5.69 Å². The Labute approximate surface area is 241 Å². The maximum Gasteiger partial charge on any atom is 0.205 e. The average molecular weight is 612 g/mol. The fourth-order valence-electron chi connectivity index (χ4n) is 5.07. The molecule has 8 nitrogen and oxygen atoms in total. The minimum atomic E-state index is -1.12. The van der Waals surface area contributed by atoms with Crippen LogP contribution in [0.25, 0.3) is 32.7 Å². The lowest BCUT2D eigenvalue weighted by molar-refractivity contribution is 0.347. The quantitative estimate of drug-likeness (QED) is 0.0788. The van der Waals surface area contributed by atoms with Gasteiger partial charge in [0.05, 0.1) is 16.5 Å². The van der Waals surface area contributed by atoms with Gasteiger partial charge in [-0.25, -0.2) is 0 Å². The van der Waals surface area contributed by atoms with Crippen molar-refractivity contribution >= 4 is 54.5 Å². The van der Waals surface area contributed by atoms with E-state index in [0.29, 0.717) is 11.4 Å². The van der Waals surface area contributed by atoms with Gasteiger partial charge in [0.25, 0.3) is 0 Å². The molecule has 6 rings (SSSR count). The number of aromatic hydroxyl groups is 7. The molecule has 0 bridgehead atoms. The number of phenols is 7. The number of hydrogen-bond donors (Lipinski definition) is 7. The minimum Gasteiger partial charge on any atom is -0.505 e. The van der Waals surface area contributed by atoms with Gasteiger partial charge in [-0.2, -0.15) is 0 Å². The van der Waals surface area contributed by atoms with E-state index < -0.39 is 51.0 Å². The first-order chi connectivity index (χ1) is 19.7. The van der Waals surface area contributed by atoms with E-state index in [1.54, 1.807) is 24.3 Å². The van der Waals surface area contributed by atoms with Crippen LogP contribution in [0.5, 0.6) is 40.2 Å². The van der Waals surface area contributed by atoms with E-state index >= 15 is 0 Å². The van der Waals surface area contributed by atoms with Crippen molar-refractivity contribution in [3.63, 3.8) is 0 Å². The lowest BCUT2D eigenvalue weighted by Gasteiger charge is -2.29. The molecule has 0 amide bonds. The van der Waals surface area contributed by atoms with Crippen LogP contribution in [0.2, 0.25) is 0 Å². The normalized spacial score (nSPS) is 11.2. The molecule has 0 saturated heterocycles. The summed E-state index contributed by atoms with van der Waals surface area (Å²) < 4.78 is 0.940. The van der Waals surface area contributed by atoms with Gasteiger partial charge in [0.2, 0.25) is 11.5 Å². The number of phenolic OH excluding ortho intramolecular Hbond substituents is 7. The molecule has 204 valence electrons. The smallest absolute Gasteiger partial charge is 0.205 e. The lowest BCUT2D eigenvalue weighted by atomic mass is 9.99. The fraction of sp³-hybridized carbons (Fsp3) is 0. The molecule has 0 atom stereocenters. The summed E-state index contributed by atoms with van der Waals surface area (Å²) in [5.74, 6) is -6.76. The first-order valence-corrected chi connectivity index (χ1v) is 13.2. The molecular formula is C32H22BrNO7. The third-order valence-corrected chi connectivity index (χ3v) is 7.61. The monoisotopic (exact) mass is 611 g/mol. The number of fused-ring (bicyclic) bond motifs is 2. The topological polar surface area (TPSA) is 145 Å². The highest BCUT2D eigenvalue weighted by Crippen LogP contribution is 2.61. The van der Waals surface area contributed by atoms with Crippen molar-refractivity contribution in [3.05, 3.63) is 95.5 Å². The molecule has 0 heterocycles. The van der Waals surface area contributed by atoms with Gasteiger partial charge in [0.1, 0.15) is 5.69 Å². The Balaban J connectivity index is 1.67. The van der Waals surface area contributed by atoms with Crippen LogP contribution in [0.1, 0.15) is 0 Å². The van der Waals surface area contributed by atoms with Crippen LogP contribution < -0.4 is 4.90 Å². The zero-order chi connectivity index (χ0) is 29.0. The third-order valence-electron chi connectivity index (χ3n) is 7.08. The predicted molar refractivity (Wildman–Crippen MR) is 161 cm³/mol. The SMILES string of the molecule is Oc1c(O)c(O)c2c(O)c(N(c3ccc(-c4ccc(Br)cc4)cc3)c3cccc4ccccc34)c(O)c(O)c2c1O. The van der Waals surface area contributed by atoms with Gasteiger partial charge >= 0.3 is 0 Å². The maximum absolute atomic E-state index is 11.5. The highest BCUT2D eigenvalue weighted by Gasteiger charge is 2.32. The Morgan fingerprint density at radius 2 is 0.976 bits per heavy atom. The molecule has 41 heavy (non-hydrogen) atoms. The molecule has 0 aromatic heterocycles. The highest BCUT2D eigenvalue weighted by molar-refractivity contribution is 9.10.